The molecule has 0 atom stereocenters. The van der Waals surface area contributed by atoms with Gasteiger partial charge in [-0.25, -0.2) is 0 Å². The van der Waals surface area contributed by atoms with Crippen LogP contribution in [0.4, 0.5) is 0 Å². The van der Waals surface area contributed by atoms with E-state index >= 15 is 0 Å². The molecule has 0 spiro atoms. The van der Waals surface area contributed by atoms with Crippen molar-refractivity contribution in [1.29, 1.82) is 0 Å². The minimum Gasteiger partial charge on any atom is -0.371 e. The molecule has 0 fully saturated rings. The average molecular weight is 140 g/mol. The largest absolute Gasteiger partial charge is 0.371 e. The minimum atomic E-state index is 0.0730. The Labute approximate surface area is 63.1 Å². The van der Waals surface area contributed by atoms with Gasteiger partial charge in [-0.2, -0.15) is 0 Å². The van der Waals surface area contributed by atoms with Gasteiger partial charge in [0, 0.05) is 0 Å². The summed E-state index contributed by atoms with van der Waals surface area (Å²) in [4.78, 5) is 0. The Hall–Kier alpha value is -0.300. The first-order valence-electron chi connectivity index (χ1n) is 3.80. The lowest BCUT2D eigenvalue weighted by atomic mass is 9.94. The topological polar surface area (TPSA) is 9.23 Å². The molecule has 10 heavy (non-hydrogen) atoms. The smallest absolute Gasteiger partial charge is 0.0684 e. The van der Waals surface area contributed by atoms with Crippen LogP contribution in [0.2, 0.25) is 0 Å². The number of ether oxygens (including phenoxy) is 1. The molecular weight excluding hydrogens is 124 g/mol. The maximum atomic E-state index is 5.59. The molecule has 1 nitrogen and oxygen atoms in total. The molecule has 0 unspecified atom stereocenters. The molecular formula is C9H16O. The van der Waals surface area contributed by atoms with E-state index in [9.17, 15) is 0 Å². The van der Waals surface area contributed by atoms with Crippen molar-refractivity contribution in [3.63, 3.8) is 0 Å². The maximum absolute atomic E-state index is 5.59. The molecule has 0 saturated carbocycles. The summed E-state index contributed by atoms with van der Waals surface area (Å²) in [5, 5.41) is 0. The number of rotatable bonds is 0. The molecule has 0 aliphatic carbocycles. The Kier molecular flexibility index (Phi) is 1.86. The first-order valence-corrected chi connectivity index (χ1v) is 3.80. The van der Waals surface area contributed by atoms with Crippen molar-refractivity contribution < 1.29 is 4.74 Å². The zero-order valence-electron chi connectivity index (χ0n) is 7.32. The van der Waals surface area contributed by atoms with Crippen LogP contribution in [0, 0.1) is 0 Å². The molecule has 0 aromatic rings. The fraction of sp³-hybridized carbons (Fsp3) is 0.778. The van der Waals surface area contributed by atoms with E-state index in [1.807, 2.05) is 0 Å². The van der Waals surface area contributed by atoms with Gasteiger partial charge in [-0.05, 0) is 39.7 Å². The van der Waals surface area contributed by atoms with Crippen LogP contribution in [0.25, 0.3) is 0 Å². The molecule has 0 aromatic carbocycles. The van der Waals surface area contributed by atoms with E-state index in [1.54, 1.807) is 0 Å². The van der Waals surface area contributed by atoms with Gasteiger partial charge in [0.15, 0.2) is 0 Å². The van der Waals surface area contributed by atoms with Crippen molar-refractivity contribution >= 4 is 0 Å². The molecule has 0 amide bonds. The predicted octanol–water partition coefficient (Wildman–Crippen LogP) is 2.52. The lowest BCUT2D eigenvalue weighted by Gasteiger charge is -2.31. The molecule has 0 N–H and O–H groups in total. The normalized spacial score (nSPS) is 25.2. The molecule has 0 saturated heterocycles. The van der Waals surface area contributed by atoms with E-state index in [1.165, 1.54) is 11.1 Å². The van der Waals surface area contributed by atoms with Gasteiger partial charge in [-0.15, -0.1) is 0 Å². The maximum Gasteiger partial charge on any atom is 0.0684 e. The van der Waals surface area contributed by atoms with Crippen LogP contribution in [0.1, 0.15) is 34.1 Å². The highest BCUT2D eigenvalue weighted by Gasteiger charge is 2.23. The second kappa shape index (κ2) is 2.39. The lowest BCUT2D eigenvalue weighted by Crippen LogP contribution is -2.29. The Bertz CT molecular complexity index is 166. The monoisotopic (exact) mass is 140 g/mol. The van der Waals surface area contributed by atoms with Gasteiger partial charge >= 0.3 is 0 Å². The van der Waals surface area contributed by atoms with E-state index in [0.29, 0.717) is 0 Å². The first-order chi connectivity index (χ1) is 4.51. The quantitative estimate of drug-likeness (QED) is 0.470. The van der Waals surface area contributed by atoms with Crippen LogP contribution in [0.15, 0.2) is 11.1 Å². The van der Waals surface area contributed by atoms with Crippen LogP contribution < -0.4 is 0 Å². The van der Waals surface area contributed by atoms with Gasteiger partial charge in [0.25, 0.3) is 0 Å². The van der Waals surface area contributed by atoms with Crippen molar-refractivity contribution in [3.8, 4) is 0 Å². The zero-order valence-corrected chi connectivity index (χ0v) is 7.32. The highest BCUT2D eigenvalue weighted by molar-refractivity contribution is 5.15. The van der Waals surface area contributed by atoms with Crippen LogP contribution in [-0.2, 0) is 4.74 Å². The second-order valence-electron chi connectivity index (χ2n) is 3.79. The molecule has 1 aliphatic rings. The van der Waals surface area contributed by atoms with Crippen molar-refractivity contribution in [2.45, 2.75) is 39.7 Å². The molecule has 0 aromatic heterocycles. The van der Waals surface area contributed by atoms with Gasteiger partial charge in [0.1, 0.15) is 0 Å². The summed E-state index contributed by atoms with van der Waals surface area (Å²) < 4.78 is 5.59. The number of hydrogen-bond acceptors (Lipinski definition) is 1. The van der Waals surface area contributed by atoms with Crippen LogP contribution >= 0.6 is 0 Å². The average Bonchev–Trinajstić information content (AvgIpc) is 1.79. The van der Waals surface area contributed by atoms with Crippen molar-refractivity contribution in [1.82, 2.24) is 0 Å². The van der Waals surface area contributed by atoms with Crippen LogP contribution in [0.5, 0.6) is 0 Å². The molecule has 1 rings (SSSR count). The third-order valence-electron chi connectivity index (χ3n) is 2.10. The summed E-state index contributed by atoms with van der Waals surface area (Å²) in [6.07, 6.45) is 1.08. The zero-order chi connectivity index (χ0) is 7.78. The van der Waals surface area contributed by atoms with E-state index in [4.69, 9.17) is 4.74 Å². The third-order valence-corrected chi connectivity index (χ3v) is 2.10. The molecule has 1 heteroatoms. The lowest BCUT2D eigenvalue weighted by molar-refractivity contribution is -0.0143. The fourth-order valence-electron chi connectivity index (χ4n) is 1.27. The van der Waals surface area contributed by atoms with Crippen molar-refractivity contribution in [3.05, 3.63) is 11.1 Å². The predicted molar refractivity (Wildman–Crippen MR) is 43.0 cm³/mol. The minimum absolute atomic E-state index is 0.0730. The van der Waals surface area contributed by atoms with Gasteiger partial charge in [-0.3, -0.25) is 0 Å². The molecule has 0 radical (unpaired) electrons. The Morgan fingerprint density at radius 3 is 2.20 bits per heavy atom. The van der Waals surface area contributed by atoms with Crippen molar-refractivity contribution in [2.24, 2.45) is 0 Å². The van der Waals surface area contributed by atoms with Crippen molar-refractivity contribution in [2.75, 3.05) is 6.61 Å². The standard InChI is InChI=1S/C9H16O/c1-7-5-9(3,4)10-6-8(7)2/h5-6H2,1-4H3. The Morgan fingerprint density at radius 2 is 1.80 bits per heavy atom. The Balaban J connectivity index is 2.72. The summed E-state index contributed by atoms with van der Waals surface area (Å²) in [5.41, 5.74) is 2.97. The SMILES string of the molecule is CC1=C(C)CC(C)(C)OC1. The summed E-state index contributed by atoms with van der Waals surface area (Å²) in [5.74, 6) is 0. The van der Waals surface area contributed by atoms with Gasteiger partial charge in [0.2, 0.25) is 0 Å². The van der Waals surface area contributed by atoms with Gasteiger partial charge < -0.3 is 4.74 Å². The third kappa shape index (κ3) is 1.60. The summed E-state index contributed by atoms with van der Waals surface area (Å²) in [7, 11) is 0. The summed E-state index contributed by atoms with van der Waals surface area (Å²) in [6.45, 7) is 9.44. The molecule has 1 aliphatic heterocycles. The summed E-state index contributed by atoms with van der Waals surface area (Å²) >= 11 is 0. The van der Waals surface area contributed by atoms with E-state index in [0.717, 1.165) is 13.0 Å². The molecule has 1 heterocycles. The highest BCUT2D eigenvalue weighted by Crippen LogP contribution is 2.27. The number of hydrogen-bond donors (Lipinski definition) is 0. The Morgan fingerprint density at radius 1 is 1.20 bits per heavy atom. The van der Waals surface area contributed by atoms with Crippen LogP contribution in [0.3, 0.4) is 0 Å². The highest BCUT2D eigenvalue weighted by atomic mass is 16.5. The van der Waals surface area contributed by atoms with E-state index in [-0.39, 0.29) is 5.60 Å². The summed E-state index contributed by atoms with van der Waals surface area (Å²) in [6, 6.07) is 0. The second-order valence-corrected chi connectivity index (χ2v) is 3.79. The fourth-order valence-corrected chi connectivity index (χ4v) is 1.27. The van der Waals surface area contributed by atoms with Gasteiger partial charge in [0.05, 0.1) is 12.2 Å². The molecule has 0 bridgehead atoms. The van der Waals surface area contributed by atoms with Gasteiger partial charge in [-0.1, -0.05) is 5.57 Å². The van der Waals surface area contributed by atoms with E-state index in [2.05, 4.69) is 27.7 Å². The van der Waals surface area contributed by atoms with Crippen LogP contribution in [-0.4, -0.2) is 12.2 Å². The van der Waals surface area contributed by atoms with E-state index < -0.39 is 0 Å². The first kappa shape index (κ1) is 7.80. The molecule has 58 valence electrons.